The number of hydrogen-bond donors (Lipinski definition) is 2. The molecule has 5 aromatic carbocycles. The molecule has 5 rings (SSSR count). The van der Waals surface area contributed by atoms with Gasteiger partial charge in [0.2, 0.25) is 0 Å². The molecule has 0 aliphatic heterocycles. The van der Waals surface area contributed by atoms with Gasteiger partial charge in [-0.3, -0.25) is 13.9 Å². The molecule has 0 saturated carbocycles. The summed E-state index contributed by atoms with van der Waals surface area (Å²) in [7, 11) is -2.46. The minimum Gasteiger partial charge on any atom is -0.497 e. The van der Waals surface area contributed by atoms with Gasteiger partial charge in [-0.05, 0) is 83.9 Å². The number of rotatable bonds is 13. The standard InChI is InChI=1S/C36H32N4O6S/c1-45-30-22-18-29(19-23-30)38-35(41)26-46-31-20-16-27(17-21-31)24-37-39-36(42)33-14-8-9-15-34(33)40(25-28-10-4-2-5-11-28)47(43,44)32-12-6-3-7-13-32/h2-24H,25-26H2,1H3,(H,38,41)(H,39,42)/b37-24-. The van der Waals surface area contributed by atoms with E-state index in [0.29, 0.717) is 22.7 Å². The maximum Gasteiger partial charge on any atom is 0.273 e. The summed E-state index contributed by atoms with van der Waals surface area (Å²) in [5, 5.41) is 6.83. The van der Waals surface area contributed by atoms with Gasteiger partial charge < -0.3 is 14.8 Å². The zero-order valence-corrected chi connectivity index (χ0v) is 26.3. The summed E-state index contributed by atoms with van der Waals surface area (Å²) in [6.45, 7) is -0.167. The van der Waals surface area contributed by atoms with Crippen LogP contribution in [0.15, 0.2) is 143 Å². The lowest BCUT2D eigenvalue weighted by atomic mass is 10.1. The summed E-state index contributed by atoms with van der Waals surface area (Å²) in [6, 6.07) is 37.5. The van der Waals surface area contributed by atoms with Crippen molar-refractivity contribution in [2.45, 2.75) is 11.4 Å². The van der Waals surface area contributed by atoms with E-state index in [-0.39, 0.29) is 35.2 Å². The van der Waals surface area contributed by atoms with E-state index in [1.807, 2.05) is 30.3 Å². The number of carbonyl (C=O) groups is 2. The van der Waals surface area contributed by atoms with E-state index in [1.165, 1.54) is 22.7 Å². The van der Waals surface area contributed by atoms with Crippen LogP contribution in [-0.4, -0.2) is 40.2 Å². The Bertz CT molecular complexity index is 1930. The lowest BCUT2D eigenvalue weighted by Crippen LogP contribution is -2.33. The first kappa shape index (κ1) is 32.5. The van der Waals surface area contributed by atoms with Crippen molar-refractivity contribution in [3.05, 3.63) is 150 Å². The number of hydrogen-bond acceptors (Lipinski definition) is 7. The second kappa shape index (κ2) is 15.4. The first-order chi connectivity index (χ1) is 22.8. The number of anilines is 2. The molecule has 238 valence electrons. The number of hydrazone groups is 1. The molecule has 0 saturated heterocycles. The number of amides is 2. The van der Waals surface area contributed by atoms with E-state index in [0.717, 1.165) is 5.56 Å². The topological polar surface area (TPSA) is 126 Å². The molecule has 0 unspecified atom stereocenters. The summed E-state index contributed by atoms with van der Waals surface area (Å²) < 4.78 is 39.6. The van der Waals surface area contributed by atoms with Crippen molar-refractivity contribution in [3.8, 4) is 11.5 Å². The van der Waals surface area contributed by atoms with Gasteiger partial charge in [0.1, 0.15) is 11.5 Å². The van der Waals surface area contributed by atoms with Gasteiger partial charge >= 0.3 is 0 Å². The van der Waals surface area contributed by atoms with Crippen molar-refractivity contribution in [2.75, 3.05) is 23.3 Å². The number of nitrogens with one attached hydrogen (secondary N) is 2. The molecule has 5 aromatic rings. The Morgan fingerprint density at radius 1 is 0.766 bits per heavy atom. The average molecular weight is 649 g/mol. The van der Waals surface area contributed by atoms with Crippen LogP contribution in [0.4, 0.5) is 11.4 Å². The molecule has 0 fully saturated rings. The van der Waals surface area contributed by atoms with E-state index in [4.69, 9.17) is 9.47 Å². The number of benzene rings is 5. The van der Waals surface area contributed by atoms with Gasteiger partial charge in [-0.2, -0.15) is 5.10 Å². The van der Waals surface area contributed by atoms with Gasteiger partial charge in [-0.1, -0.05) is 60.7 Å². The van der Waals surface area contributed by atoms with Crippen LogP contribution < -0.4 is 24.5 Å². The van der Waals surface area contributed by atoms with Gasteiger partial charge in [0.25, 0.3) is 21.8 Å². The van der Waals surface area contributed by atoms with Crippen LogP contribution in [0.25, 0.3) is 0 Å². The monoisotopic (exact) mass is 648 g/mol. The van der Waals surface area contributed by atoms with E-state index in [2.05, 4.69) is 15.8 Å². The van der Waals surface area contributed by atoms with Gasteiger partial charge in [0, 0.05) is 5.69 Å². The highest BCUT2D eigenvalue weighted by Crippen LogP contribution is 2.29. The Labute approximate surface area is 273 Å². The number of methoxy groups -OCH3 is 1. The molecule has 0 aliphatic rings. The molecule has 2 N–H and O–H groups in total. The van der Waals surface area contributed by atoms with Crippen molar-refractivity contribution in [1.82, 2.24) is 5.43 Å². The van der Waals surface area contributed by atoms with Crippen LogP contribution >= 0.6 is 0 Å². The minimum atomic E-state index is -4.03. The summed E-state index contributed by atoms with van der Waals surface area (Å²) in [5.41, 5.74) is 4.89. The van der Waals surface area contributed by atoms with E-state index < -0.39 is 15.9 Å². The molecule has 2 amide bonds. The van der Waals surface area contributed by atoms with Crippen LogP contribution in [0.2, 0.25) is 0 Å². The maximum atomic E-state index is 13.9. The first-order valence-corrected chi connectivity index (χ1v) is 16.0. The highest BCUT2D eigenvalue weighted by atomic mass is 32.2. The molecule has 0 atom stereocenters. The number of para-hydroxylation sites is 1. The predicted molar refractivity (Wildman–Crippen MR) is 181 cm³/mol. The third kappa shape index (κ3) is 8.62. The van der Waals surface area contributed by atoms with Crippen LogP contribution in [0, 0.1) is 0 Å². The van der Waals surface area contributed by atoms with E-state index in [1.54, 1.807) is 98.1 Å². The number of nitrogens with zero attached hydrogens (tertiary/aromatic N) is 2. The number of ether oxygens (including phenoxy) is 2. The Morgan fingerprint density at radius 2 is 1.38 bits per heavy atom. The highest BCUT2D eigenvalue weighted by Gasteiger charge is 2.28. The molecule has 0 aromatic heterocycles. The molecule has 10 nitrogen and oxygen atoms in total. The fourth-order valence-electron chi connectivity index (χ4n) is 4.55. The molecule has 0 bridgehead atoms. The van der Waals surface area contributed by atoms with E-state index in [9.17, 15) is 18.0 Å². The highest BCUT2D eigenvalue weighted by molar-refractivity contribution is 7.92. The van der Waals surface area contributed by atoms with Crippen LogP contribution in [0.1, 0.15) is 21.5 Å². The van der Waals surface area contributed by atoms with Crippen molar-refractivity contribution in [2.24, 2.45) is 5.10 Å². The molecular formula is C36H32N4O6S. The Balaban J connectivity index is 1.24. The molecular weight excluding hydrogens is 616 g/mol. The second-order valence-electron chi connectivity index (χ2n) is 10.2. The molecule has 0 aliphatic carbocycles. The quantitative estimate of drug-likeness (QED) is 0.122. The molecule has 11 heteroatoms. The van der Waals surface area contributed by atoms with Crippen LogP contribution in [0.3, 0.4) is 0 Å². The lowest BCUT2D eigenvalue weighted by Gasteiger charge is -2.26. The summed E-state index contributed by atoms with van der Waals surface area (Å²) in [6.07, 6.45) is 1.45. The van der Waals surface area contributed by atoms with Gasteiger partial charge in [0.15, 0.2) is 6.61 Å². The SMILES string of the molecule is COc1ccc(NC(=O)COc2ccc(/C=N\NC(=O)c3ccccc3N(Cc3ccccc3)S(=O)(=O)c3ccccc3)cc2)cc1. The average Bonchev–Trinajstić information content (AvgIpc) is 3.11. The fourth-order valence-corrected chi connectivity index (χ4v) is 6.04. The number of carbonyl (C=O) groups excluding carboxylic acids is 2. The first-order valence-electron chi connectivity index (χ1n) is 14.5. The molecule has 47 heavy (non-hydrogen) atoms. The summed E-state index contributed by atoms with van der Waals surface area (Å²) in [5.74, 6) is 0.263. The number of sulfonamides is 1. The van der Waals surface area contributed by atoms with Crippen molar-refractivity contribution < 1.29 is 27.5 Å². The molecule has 0 spiro atoms. The third-order valence-corrected chi connectivity index (χ3v) is 8.70. The smallest absolute Gasteiger partial charge is 0.273 e. The van der Waals surface area contributed by atoms with Crippen LogP contribution in [-0.2, 0) is 21.4 Å². The second-order valence-corrected chi connectivity index (χ2v) is 12.0. The zero-order chi connectivity index (χ0) is 33.1. The normalized spacial score (nSPS) is 11.1. The third-order valence-electron chi connectivity index (χ3n) is 6.92. The Kier molecular flexibility index (Phi) is 10.6. The molecule has 0 radical (unpaired) electrons. The van der Waals surface area contributed by atoms with Crippen molar-refractivity contribution >= 4 is 39.4 Å². The minimum absolute atomic E-state index is 0.0171. The van der Waals surface area contributed by atoms with Crippen molar-refractivity contribution in [3.63, 3.8) is 0 Å². The fraction of sp³-hybridized carbons (Fsp3) is 0.0833. The van der Waals surface area contributed by atoms with Crippen molar-refractivity contribution in [1.29, 1.82) is 0 Å². The molecule has 0 heterocycles. The lowest BCUT2D eigenvalue weighted by molar-refractivity contribution is -0.118. The van der Waals surface area contributed by atoms with Gasteiger partial charge in [-0.25, -0.2) is 13.8 Å². The predicted octanol–water partition coefficient (Wildman–Crippen LogP) is 5.87. The van der Waals surface area contributed by atoms with Gasteiger partial charge in [-0.15, -0.1) is 0 Å². The maximum absolute atomic E-state index is 13.9. The largest absolute Gasteiger partial charge is 0.497 e. The Hall–Kier alpha value is -5.94. The summed E-state index contributed by atoms with van der Waals surface area (Å²) in [4.78, 5) is 25.7. The van der Waals surface area contributed by atoms with Gasteiger partial charge in [0.05, 0.1) is 36.0 Å². The summed E-state index contributed by atoms with van der Waals surface area (Å²) >= 11 is 0. The van der Waals surface area contributed by atoms with E-state index >= 15 is 0 Å². The zero-order valence-electron chi connectivity index (χ0n) is 25.4. The van der Waals surface area contributed by atoms with Crippen LogP contribution in [0.5, 0.6) is 11.5 Å². The Morgan fingerprint density at radius 3 is 2.06 bits per heavy atom.